The van der Waals surface area contributed by atoms with E-state index in [2.05, 4.69) is 73.9 Å². The average molecular weight is 487 g/mol. The van der Waals surface area contributed by atoms with E-state index in [1.54, 1.807) is 12.1 Å². The van der Waals surface area contributed by atoms with Crippen LogP contribution in [0.5, 0.6) is 11.5 Å². The summed E-state index contributed by atoms with van der Waals surface area (Å²) < 4.78 is 5.95. The van der Waals surface area contributed by atoms with Crippen LogP contribution < -0.4 is 9.64 Å². The van der Waals surface area contributed by atoms with Crippen molar-refractivity contribution in [3.8, 4) is 11.5 Å². The highest BCUT2D eigenvalue weighted by molar-refractivity contribution is 5.50. The first-order valence-corrected chi connectivity index (χ1v) is 12.9. The Hall–Kier alpha value is -3.02. The summed E-state index contributed by atoms with van der Waals surface area (Å²) in [6.45, 7) is 13.1. The Balaban J connectivity index is 1.22. The van der Waals surface area contributed by atoms with E-state index in [1.807, 2.05) is 30.3 Å². The number of phenols is 1. The summed E-state index contributed by atoms with van der Waals surface area (Å²) in [6, 6.07) is 25.9. The highest BCUT2D eigenvalue weighted by atomic mass is 16.5. The molecule has 3 aromatic rings. The van der Waals surface area contributed by atoms with Crippen molar-refractivity contribution in [1.82, 2.24) is 4.90 Å². The van der Waals surface area contributed by atoms with Crippen LogP contribution in [0.15, 0.2) is 78.9 Å². The maximum Gasteiger partial charge on any atom is 0.119 e. The molecule has 1 saturated carbocycles. The highest BCUT2D eigenvalue weighted by Gasteiger charge is 2.73. The summed E-state index contributed by atoms with van der Waals surface area (Å²) in [7, 11) is 0. The fourth-order valence-corrected chi connectivity index (χ4v) is 7.14. The molecule has 1 heterocycles. The molecule has 0 bridgehead atoms. The Labute approximate surface area is 214 Å². The van der Waals surface area contributed by atoms with Gasteiger partial charge in [0.25, 0.3) is 0 Å². The lowest BCUT2D eigenvalue weighted by Crippen LogP contribution is -2.79. The number of aromatic hydroxyl groups is 1. The van der Waals surface area contributed by atoms with Gasteiger partial charge in [-0.25, -0.2) is 0 Å². The molecular weight excluding hydrogens is 448 g/mol. The SMILES string of the molecule is CC1(C)C(N2CCN(c3ccc(OCc4ccccc4)cc3)CC2)C(C)(C)C1(O)c1ccc(O)cc1. The zero-order valence-electron chi connectivity index (χ0n) is 21.8. The van der Waals surface area contributed by atoms with E-state index in [4.69, 9.17) is 4.74 Å². The van der Waals surface area contributed by atoms with Crippen molar-refractivity contribution in [2.45, 2.75) is 45.9 Å². The van der Waals surface area contributed by atoms with Crippen molar-refractivity contribution in [2.24, 2.45) is 10.8 Å². The number of rotatable bonds is 6. The molecule has 0 atom stereocenters. The molecule has 5 rings (SSSR count). The third kappa shape index (κ3) is 3.95. The first-order valence-electron chi connectivity index (χ1n) is 12.9. The number of benzene rings is 3. The molecule has 190 valence electrons. The fraction of sp³-hybridized carbons (Fsp3) is 0.419. The second-order valence-electron chi connectivity index (χ2n) is 11.4. The fourth-order valence-electron chi connectivity index (χ4n) is 7.14. The third-order valence-corrected chi connectivity index (χ3v) is 8.65. The van der Waals surface area contributed by atoms with Crippen LogP contribution in [0.1, 0.15) is 38.8 Å². The highest BCUT2D eigenvalue weighted by Crippen LogP contribution is 2.68. The smallest absolute Gasteiger partial charge is 0.119 e. The van der Waals surface area contributed by atoms with Gasteiger partial charge in [0.05, 0.1) is 0 Å². The van der Waals surface area contributed by atoms with E-state index < -0.39 is 5.60 Å². The van der Waals surface area contributed by atoms with Crippen LogP contribution >= 0.6 is 0 Å². The largest absolute Gasteiger partial charge is 0.508 e. The first-order chi connectivity index (χ1) is 17.1. The Bertz CT molecular complexity index is 1150. The molecule has 0 aromatic heterocycles. The van der Waals surface area contributed by atoms with Gasteiger partial charge in [-0.15, -0.1) is 0 Å². The number of hydrogen-bond acceptors (Lipinski definition) is 5. The lowest BCUT2D eigenvalue weighted by molar-refractivity contribution is -0.307. The molecule has 2 N–H and O–H groups in total. The van der Waals surface area contributed by atoms with Gasteiger partial charge in [0.2, 0.25) is 0 Å². The molecule has 36 heavy (non-hydrogen) atoms. The Morgan fingerprint density at radius 2 is 1.36 bits per heavy atom. The van der Waals surface area contributed by atoms with Gasteiger partial charge in [-0.1, -0.05) is 70.2 Å². The van der Waals surface area contributed by atoms with Crippen LogP contribution in [0.25, 0.3) is 0 Å². The molecule has 1 saturated heterocycles. The predicted molar refractivity (Wildman–Crippen MR) is 144 cm³/mol. The van der Waals surface area contributed by atoms with E-state index in [1.165, 1.54) is 5.69 Å². The molecule has 0 radical (unpaired) electrons. The van der Waals surface area contributed by atoms with Gasteiger partial charge in [0.15, 0.2) is 0 Å². The lowest BCUT2D eigenvalue weighted by Gasteiger charge is -2.72. The van der Waals surface area contributed by atoms with E-state index in [0.29, 0.717) is 6.61 Å². The van der Waals surface area contributed by atoms with Gasteiger partial charge < -0.3 is 19.8 Å². The zero-order chi connectivity index (χ0) is 25.6. The molecular formula is C31H38N2O3. The van der Waals surface area contributed by atoms with E-state index in [0.717, 1.165) is 43.1 Å². The van der Waals surface area contributed by atoms with Crippen LogP contribution in [-0.2, 0) is 12.2 Å². The maximum absolute atomic E-state index is 12.0. The number of hydrogen-bond donors (Lipinski definition) is 2. The van der Waals surface area contributed by atoms with Crippen LogP contribution in [0.3, 0.4) is 0 Å². The van der Waals surface area contributed by atoms with Gasteiger partial charge in [-0.2, -0.15) is 0 Å². The van der Waals surface area contributed by atoms with Crippen molar-refractivity contribution in [3.63, 3.8) is 0 Å². The minimum absolute atomic E-state index is 0.223. The molecule has 2 aliphatic rings. The monoisotopic (exact) mass is 486 g/mol. The summed E-state index contributed by atoms with van der Waals surface area (Å²) in [6.07, 6.45) is 0. The maximum atomic E-state index is 12.0. The quantitative estimate of drug-likeness (QED) is 0.488. The summed E-state index contributed by atoms with van der Waals surface area (Å²) in [5.41, 5.74) is 1.64. The van der Waals surface area contributed by atoms with Gasteiger partial charge in [-0.3, -0.25) is 4.90 Å². The van der Waals surface area contributed by atoms with Crippen LogP contribution in [-0.4, -0.2) is 47.3 Å². The van der Waals surface area contributed by atoms with Crippen molar-refractivity contribution in [2.75, 3.05) is 31.1 Å². The summed E-state index contributed by atoms with van der Waals surface area (Å²) in [5.74, 6) is 1.11. The summed E-state index contributed by atoms with van der Waals surface area (Å²) in [5, 5.41) is 21.7. The van der Waals surface area contributed by atoms with E-state index in [-0.39, 0.29) is 22.6 Å². The van der Waals surface area contributed by atoms with Crippen molar-refractivity contribution < 1.29 is 14.9 Å². The van der Waals surface area contributed by atoms with Crippen molar-refractivity contribution in [3.05, 3.63) is 90.0 Å². The number of piperazine rings is 1. The van der Waals surface area contributed by atoms with Gasteiger partial charge >= 0.3 is 0 Å². The number of ether oxygens (including phenoxy) is 1. The minimum atomic E-state index is -0.967. The number of aliphatic hydroxyl groups is 1. The second-order valence-corrected chi connectivity index (χ2v) is 11.4. The van der Waals surface area contributed by atoms with Crippen molar-refractivity contribution >= 4 is 5.69 Å². The van der Waals surface area contributed by atoms with E-state index in [9.17, 15) is 10.2 Å². The van der Waals surface area contributed by atoms with Crippen molar-refractivity contribution in [1.29, 1.82) is 0 Å². The van der Waals surface area contributed by atoms with Gasteiger partial charge in [-0.05, 0) is 47.5 Å². The molecule has 3 aromatic carbocycles. The number of nitrogens with zero attached hydrogens (tertiary/aromatic N) is 2. The van der Waals surface area contributed by atoms with Crippen LogP contribution in [0, 0.1) is 10.8 Å². The average Bonchev–Trinajstić information content (AvgIpc) is 2.88. The van der Waals surface area contributed by atoms with E-state index >= 15 is 0 Å². The molecule has 1 aliphatic carbocycles. The molecule has 0 unspecified atom stereocenters. The normalized spacial score (nSPS) is 25.2. The predicted octanol–water partition coefficient (Wildman–Crippen LogP) is 5.42. The third-order valence-electron chi connectivity index (χ3n) is 8.65. The van der Waals surface area contributed by atoms with Gasteiger partial charge in [0.1, 0.15) is 23.7 Å². The second kappa shape index (κ2) is 9.13. The first kappa shape index (κ1) is 24.7. The Kier molecular flexibility index (Phi) is 6.26. The summed E-state index contributed by atoms with van der Waals surface area (Å²) >= 11 is 0. The standard InChI is InChI=1S/C31H38N2O3/c1-29(2)28(30(3,4)31(29,35)24-10-14-26(34)15-11-24)33-20-18-32(19-21-33)25-12-16-27(17-13-25)36-22-23-8-6-5-7-9-23/h5-17,28,34-35H,18-22H2,1-4H3. The molecule has 0 spiro atoms. The zero-order valence-corrected chi connectivity index (χ0v) is 21.8. The van der Waals surface area contributed by atoms with Gasteiger partial charge in [0, 0.05) is 48.7 Å². The lowest BCUT2D eigenvalue weighted by atomic mass is 9.39. The number of anilines is 1. The molecule has 5 heteroatoms. The summed E-state index contributed by atoms with van der Waals surface area (Å²) in [4.78, 5) is 4.99. The molecule has 0 amide bonds. The van der Waals surface area contributed by atoms with Crippen LogP contribution in [0.4, 0.5) is 5.69 Å². The Morgan fingerprint density at radius 1 is 0.778 bits per heavy atom. The Morgan fingerprint density at radius 3 is 1.94 bits per heavy atom. The van der Waals surface area contributed by atoms with Crippen LogP contribution in [0.2, 0.25) is 0 Å². The molecule has 2 fully saturated rings. The topological polar surface area (TPSA) is 56.2 Å². The minimum Gasteiger partial charge on any atom is -0.508 e. The molecule has 1 aliphatic heterocycles. The number of phenolic OH excluding ortho intramolecular Hbond substituents is 1. The molecule has 5 nitrogen and oxygen atoms in total.